The molecule has 1 saturated carbocycles. The number of hydrogen-bond donors (Lipinski definition) is 1. The molecule has 1 N–H and O–H groups in total. The van der Waals surface area contributed by atoms with Crippen LogP contribution in [0.3, 0.4) is 0 Å². The molecule has 5 nitrogen and oxygen atoms in total. The van der Waals surface area contributed by atoms with Crippen LogP contribution < -0.4 is 10.2 Å². The number of carbonyl (C=O) groups excluding carboxylic acids is 1. The minimum Gasteiger partial charge on any atom is -0.367 e. The van der Waals surface area contributed by atoms with Crippen LogP contribution in [0.4, 0.5) is 15.8 Å². The van der Waals surface area contributed by atoms with Gasteiger partial charge in [-0.15, -0.1) is 0 Å². The molecule has 2 fully saturated rings. The molecule has 1 aromatic carbocycles. The van der Waals surface area contributed by atoms with E-state index in [-0.39, 0.29) is 36.4 Å². The average Bonchev–Trinajstić information content (AvgIpc) is 3.18. The molecule has 0 aromatic heterocycles. The van der Waals surface area contributed by atoms with Crippen molar-refractivity contribution in [3.8, 4) is 0 Å². The minimum atomic E-state index is -3.01. The van der Waals surface area contributed by atoms with Crippen LogP contribution in [-0.2, 0) is 14.6 Å². The Morgan fingerprint density at radius 3 is 2.55 bits per heavy atom. The second-order valence-electron chi connectivity index (χ2n) is 6.11. The lowest BCUT2D eigenvalue weighted by molar-refractivity contribution is -0.117. The summed E-state index contributed by atoms with van der Waals surface area (Å²) in [7, 11) is -3.01. The third-order valence-corrected chi connectivity index (χ3v) is 5.95. The van der Waals surface area contributed by atoms with E-state index in [0.29, 0.717) is 17.3 Å². The van der Waals surface area contributed by atoms with Gasteiger partial charge in [-0.05, 0) is 30.5 Å². The second kappa shape index (κ2) is 5.53. The maximum atomic E-state index is 14.0. The summed E-state index contributed by atoms with van der Waals surface area (Å²) in [5.41, 5.74) is 0.894. The Hall–Kier alpha value is -1.63. The van der Waals surface area contributed by atoms with Gasteiger partial charge < -0.3 is 10.2 Å². The van der Waals surface area contributed by atoms with Gasteiger partial charge in [-0.3, -0.25) is 4.79 Å². The van der Waals surface area contributed by atoms with E-state index in [9.17, 15) is 17.6 Å². The number of anilines is 2. The van der Waals surface area contributed by atoms with E-state index in [2.05, 4.69) is 5.32 Å². The molecular formula is C15H19FN2O3S. The highest BCUT2D eigenvalue weighted by atomic mass is 32.2. The van der Waals surface area contributed by atoms with Gasteiger partial charge in [0.15, 0.2) is 9.84 Å². The first-order chi connectivity index (χ1) is 10.4. The number of sulfone groups is 1. The molecule has 1 saturated heterocycles. The van der Waals surface area contributed by atoms with Crippen LogP contribution in [0.2, 0.25) is 0 Å². The third-order valence-electron chi connectivity index (χ3n) is 4.35. The van der Waals surface area contributed by atoms with Gasteiger partial charge >= 0.3 is 0 Å². The monoisotopic (exact) mass is 326 g/mol. The van der Waals surface area contributed by atoms with Crippen molar-refractivity contribution in [2.45, 2.75) is 13.3 Å². The van der Waals surface area contributed by atoms with Crippen molar-refractivity contribution in [3.05, 3.63) is 24.0 Å². The van der Waals surface area contributed by atoms with Gasteiger partial charge in [-0.2, -0.15) is 0 Å². The number of carbonyl (C=O) groups is 1. The lowest BCUT2D eigenvalue weighted by Gasteiger charge is -2.29. The fourth-order valence-electron chi connectivity index (χ4n) is 2.71. The van der Waals surface area contributed by atoms with Crippen molar-refractivity contribution in [2.24, 2.45) is 11.8 Å². The Bertz CT molecular complexity index is 691. The van der Waals surface area contributed by atoms with Gasteiger partial charge in [0.1, 0.15) is 5.82 Å². The van der Waals surface area contributed by atoms with Crippen LogP contribution >= 0.6 is 0 Å². The van der Waals surface area contributed by atoms with Gasteiger partial charge in [-0.1, -0.05) is 6.92 Å². The van der Waals surface area contributed by atoms with Crippen LogP contribution in [-0.4, -0.2) is 38.9 Å². The SMILES string of the molecule is CC1CC1C(=O)Nc1ccc(F)c(N2CCS(=O)(=O)CC2)c1. The Morgan fingerprint density at radius 1 is 1.32 bits per heavy atom. The summed E-state index contributed by atoms with van der Waals surface area (Å²) in [5.74, 6) is 0.0785. The van der Waals surface area contributed by atoms with Crippen molar-refractivity contribution < 1.29 is 17.6 Å². The predicted octanol–water partition coefficient (Wildman–Crippen LogP) is 1.66. The van der Waals surface area contributed by atoms with E-state index in [1.165, 1.54) is 12.1 Å². The maximum Gasteiger partial charge on any atom is 0.227 e. The molecule has 0 bridgehead atoms. The van der Waals surface area contributed by atoms with Gasteiger partial charge in [0.25, 0.3) is 0 Å². The zero-order valence-corrected chi connectivity index (χ0v) is 13.2. The number of halogens is 1. The summed E-state index contributed by atoms with van der Waals surface area (Å²) in [6, 6.07) is 4.42. The normalized spacial score (nSPS) is 26.5. The highest BCUT2D eigenvalue weighted by Gasteiger charge is 2.39. The third kappa shape index (κ3) is 3.24. The molecule has 120 valence electrons. The van der Waals surface area contributed by atoms with Crippen LogP contribution in [0, 0.1) is 17.7 Å². The quantitative estimate of drug-likeness (QED) is 0.917. The first-order valence-corrected chi connectivity index (χ1v) is 9.24. The molecule has 1 amide bonds. The van der Waals surface area contributed by atoms with Gasteiger partial charge in [0.05, 0.1) is 17.2 Å². The first-order valence-electron chi connectivity index (χ1n) is 7.41. The van der Waals surface area contributed by atoms with Gasteiger partial charge in [0.2, 0.25) is 5.91 Å². The molecule has 7 heteroatoms. The molecule has 2 atom stereocenters. The molecule has 1 aromatic rings. The van der Waals surface area contributed by atoms with E-state index in [1.807, 2.05) is 6.92 Å². The number of hydrogen-bond acceptors (Lipinski definition) is 4. The van der Waals surface area contributed by atoms with Crippen LogP contribution in [0.15, 0.2) is 18.2 Å². The Morgan fingerprint density at radius 2 is 1.95 bits per heavy atom. The van der Waals surface area contributed by atoms with E-state index in [0.717, 1.165) is 6.42 Å². The van der Waals surface area contributed by atoms with E-state index < -0.39 is 15.7 Å². The summed E-state index contributed by atoms with van der Waals surface area (Å²) in [6.07, 6.45) is 0.893. The summed E-state index contributed by atoms with van der Waals surface area (Å²) >= 11 is 0. The lowest BCUT2D eigenvalue weighted by Crippen LogP contribution is -2.40. The summed E-state index contributed by atoms with van der Waals surface area (Å²) in [5, 5.41) is 2.81. The molecule has 1 aliphatic carbocycles. The van der Waals surface area contributed by atoms with Crippen molar-refractivity contribution >= 4 is 27.1 Å². The Balaban J connectivity index is 1.74. The number of nitrogens with zero attached hydrogens (tertiary/aromatic N) is 1. The van der Waals surface area contributed by atoms with Crippen molar-refractivity contribution in [1.29, 1.82) is 0 Å². The topological polar surface area (TPSA) is 66.5 Å². The van der Waals surface area contributed by atoms with Crippen molar-refractivity contribution in [1.82, 2.24) is 0 Å². The van der Waals surface area contributed by atoms with Gasteiger partial charge in [0, 0.05) is 24.7 Å². The summed E-state index contributed by atoms with van der Waals surface area (Å²) in [6.45, 7) is 2.57. The minimum absolute atomic E-state index is 0.0304. The molecule has 0 spiro atoms. The lowest BCUT2D eigenvalue weighted by atomic mass is 10.2. The zero-order valence-electron chi connectivity index (χ0n) is 12.4. The molecule has 1 heterocycles. The average molecular weight is 326 g/mol. The molecule has 0 radical (unpaired) electrons. The molecule has 1 aliphatic heterocycles. The largest absolute Gasteiger partial charge is 0.367 e. The second-order valence-corrected chi connectivity index (χ2v) is 8.42. The zero-order chi connectivity index (χ0) is 15.9. The number of amides is 1. The molecule has 22 heavy (non-hydrogen) atoms. The number of benzene rings is 1. The summed E-state index contributed by atoms with van der Waals surface area (Å²) < 4.78 is 36.9. The predicted molar refractivity (Wildman–Crippen MR) is 83.2 cm³/mol. The molecule has 2 aliphatic rings. The van der Waals surface area contributed by atoms with E-state index >= 15 is 0 Å². The number of nitrogens with one attached hydrogen (secondary N) is 1. The number of rotatable bonds is 3. The van der Waals surface area contributed by atoms with Crippen LogP contribution in [0.25, 0.3) is 0 Å². The fraction of sp³-hybridized carbons (Fsp3) is 0.533. The van der Waals surface area contributed by atoms with Gasteiger partial charge in [-0.25, -0.2) is 12.8 Å². The van der Waals surface area contributed by atoms with Crippen LogP contribution in [0.1, 0.15) is 13.3 Å². The first kappa shape index (κ1) is 15.3. The molecule has 3 rings (SSSR count). The Labute approximate surface area is 129 Å². The Kier molecular flexibility index (Phi) is 3.84. The van der Waals surface area contributed by atoms with Crippen molar-refractivity contribution in [3.63, 3.8) is 0 Å². The summed E-state index contributed by atoms with van der Waals surface area (Å²) in [4.78, 5) is 13.7. The van der Waals surface area contributed by atoms with Crippen LogP contribution in [0.5, 0.6) is 0 Å². The smallest absolute Gasteiger partial charge is 0.227 e. The van der Waals surface area contributed by atoms with Crippen molar-refractivity contribution in [2.75, 3.05) is 34.8 Å². The molecule has 2 unspecified atom stereocenters. The van der Waals surface area contributed by atoms with E-state index in [1.54, 1.807) is 11.0 Å². The standard InChI is InChI=1S/C15H19FN2O3S/c1-10-8-12(10)15(19)17-11-2-3-13(16)14(9-11)18-4-6-22(20,21)7-5-18/h2-3,9-10,12H,4-8H2,1H3,(H,17,19). The van der Waals surface area contributed by atoms with E-state index in [4.69, 9.17) is 0 Å². The molecular weight excluding hydrogens is 307 g/mol. The highest BCUT2D eigenvalue weighted by molar-refractivity contribution is 7.91. The highest BCUT2D eigenvalue weighted by Crippen LogP contribution is 2.38. The fourth-order valence-corrected chi connectivity index (χ4v) is 3.91. The maximum absolute atomic E-state index is 14.0.